The molecule has 17 heavy (non-hydrogen) atoms. The van der Waals surface area contributed by atoms with Crippen LogP contribution in [0.1, 0.15) is 10.7 Å². The molecule has 2 aromatic rings. The molecule has 0 saturated carbocycles. The maximum absolute atomic E-state index is 13.2. The lowest BCUT2D eigenvalue weighted by Gasteiger charge is -2.04. The zero-order valence-electron chi connectivity index (χ0n) is 8.69. The van der Waals surface area contributed by atoms with Crippen molar-refractivity contribution in [2.45, 2.75) is 12.4 Å². The summed E-state index contributed by atoms with van der Waals surface area (Å²) in [7, 11) is 0. The second-order valence-electron chi connectivity index (χ2n) is 3.25. The standard InChI is InChI=1S/C11H9F2NOS2/c12-7-1-2-10(9(13)3-7)15-4-11-14-8(5-16)6-17-11/h1-3,6,16H,4-5H2. The number of rotatable bonds is 4. The fourth-order valence-corrected chi connectivity index (χ4v) is 2.21. The molecule has 1 aromatic heterocycles. The molecule has 2 rings (SSSR count). The third-order valence-corrected chi connectivity index (χ3v) is 3.20. The normalized spacial score (nSPS) is 10.5. The molecule has 0 amide bonds. The van der Waals surface area contributed by atoms with E-state index in [4.69, 9.17) is 4.74 Å². The number of aromatic nitrogens is 1. The third kappa shape index (κ3) is 3.17. The van der Waals surface area contributed by atoms with Gasteiger partial charge in [0.05, 0.1) is 5.69 Å². The van der Waals surface area contributed by atoms with Crippen LogP contribution in [0, 0.1) is 11.6 Å². The lowest BCUT2D eigenvalue weighted by Crippen LogP contribution is -1.97. The molecule has 0 unspecified atom stereocenters. The van der Waals surface area contributed by atoms with Gasteiger partial charge in [-0.15, -0.1) is 11.3 Å². The van der Waals surface area contributed by atoms with Crippen LogP contribution in [0.2, 0.25) is 0 Å². The third-order valence-electron chi connectivity index (χ3n) is 2.01. The smallest absolute Gasteiger partial charge is 0.167 e. The Morgan fingerprint density at radius 3 is 2.82 bits per heavy atom. The predicted octanol–water partition coefficient (Wildman–Crippen LogP) is 3.43. The van der Waals surface area contributed by atoms with Crippen LogP contribution in [-0.2, 0) is 12.4 Å². The highest BCUT2D eigenvalue weighted by atomic mass is 32.1. The van der Waals surface area contributed by atoms with Crippen LogP contribution < -0.4 is 4.74 Å². The molecule has 0 bridgehead atoms. The van der Waals surface area contributed by atoms with Gasteiger partial charge in [0.1, 0.15) is 17.4 Å². The van der Waals surface area contributed by atoms with E-state index in [1.165, 1.54) is 17.4 Å². The van der Waals surface area contributed by atoms with E-state index in [2.05, 4.69) is 17.6 Å². The van der Waals surface area contributed by atoms with E-state index in [0.29, 0.717) is 5.75 Å². The molecule has 0 radical (unpaired) electrons. The van der Waals surface area contributed by atoms with E-state index in [9.17, 15) is 8.78 Å². The van der Waals surface area contributed by atoms with Gasteiger partial charge in [-0.2, -0.15) is 12.6 Å². The molecule has 2 nitrogen and oxygen atoms in total. The summed E-state index contributed by atoms with van der Waals surface area (Å²) in [5.74, 6) is -0.757. The molecular formula is C11H9F2NOS2. The Balaban J connectivity index is 2.02. The number of thiol groups is 1. The summed E-state index contributed by atoms with van der Waals surface area (Å²) in [6.07, 6.45) is 0. The molecule has 1 aromatic carbocycles. The second-order valence-corrected chi connectivity index (χ2v) is 4.51. The zero-order chi connectivity index (χ0) is 12.3. The number of hydrogen-bond donors (Lipinski definition) is 1. The van der Waals surface area contributed by atoms with Gasteiger partial charge in [0.25, 0.3) is 0 Å². The summed E-state index contributed by atoms with van der Waals surface area (Å²) in [5, 5.41) is 2.60. The fraction of sp³-hybridized carbons (Fsp3) is 0.182. The Hall–Kier alpha value is -1.14. The molecular weight excluding hydrogens is 264 g/mol. The zero-order valence-corrected chi connectivity index (χ0v) is 10.4. The number of ether oxygens (including phenoxy) is 1. The van der Waals surface area contributed by atoms with Crippen LogP contribution in [0.5, 0.6) is 5.75 Å². The van der Waals surface area contributed by atoms with Gasteiger partial charge in [0, 0.05) is 17.2 Å². The monoisotopic (exact) mass is 273 g/mol. The van der Waals surface area contributed by atoms with Gasteiger partial charge in [-0.3, -0.25) is 0 Å². The number of halogens is 2. The van der Waals surface area contributed by atoms with Crippen molar-refractivity contribution >= 4 is 24.0 Å². The summed E-state index contributed by atoms with van der Waals surface area (Å²) < 4.78 is 31.1. The van der Waals surface area contributed by atoms with Gasteiger partial charge in [0.15, 0.2) is 11.6 Å². The van der Waals surface area contributed by atoms with Crippen molar-refractivity contribution in [3.05, 3.63) is 45.9 Å². The van der Waals surface area contributed by atoms with Crippen molar-refractivity contribution in [3.8, 4) is 5.75 Å². The summed E-state index contributed by atoms with van der Waals surface area (Å²) in [6, 6.07) is 3.20. The SMILES string of the molecule is Fc1ccc(OCc2nc(CS)cs2)c(F)c1. The first-order chi connectivity index (χ1) is 8.19. The van der Waals surface area contributed by atoms with E-state index in [1.807, 2.05) is 5.38 Å². The van der Waals surface area contributed by atoms with Crippen molar-refractivity contribution in [1.82, 2.24) is 4.98 Å². The fourth-order valence-electron chi connectivity index (χ4n) is 1.22. The Kier molecular flexibility index (Phi) is 3.96. The van der Waals surface area contributed by atoms with Crippen LogP contribution in [0.4, 0.5) is 8.78 Å². The van der Waals surface area contributed by atoms with Crippen molar-refractivity contribution < 1.29 is 13.5 Å². The van der Waals surface area contributed by atoms with Gasteiger partial charge >= 0.3 is 0 Å². The highest BCUT2D eigenvalue weighted by Gasteiger charge is 2.06. The van der Waals surface area contributed by atoms with E-state index < -0.39 is 11.6 Å². The molecule has 0 aliphatic heterocycles. The molecule has 90 valence electrons. The van der Waals surface area contributed by atoms with Gasteiger partial charge < -0.3 is 4.74 Å². The molecule has 0 saturated heterocycles. The van der Waals surface area contributed by atoms with E-state index >= 15 is 0 Å². The Labute approximate surface area is 107 Å². The first-order valence-corrected chi connectivity index (χ1v) is 6.32. The van der Waals surface area contributed by atoms with Crippen LogP contribution in [0.3, 0.4) is 0 Å². The Bertz CT molecular complexity index is 516. The minimum Gasteiger partial charge on any atom is -0.483 e. The van der Waals surface area contributed by atoms with Crippen molar-refractivity contribution in [1.29, 1.82) is 0 Å². The van der Waals surface area contributed by atoms with Crippen LogP contribution in [0.25, 0.3) is 0 Å². The average Bonchev–Trinajstić information content (AvgIpc) is 2.76. The van der Waals surface area contributed by atoms with Gasteiger partial charge in [-0.25, -0.2) is 13.8 Å². The van der Waals surface area contributed by atoms with E-state index in [-0.39, 0.29) is 12.4 Å². The largest absolute Gasteiger partial charge is 0.483 e. The van der Waals surface area contributed by atoms with Gasteiger partial charge in [0.2, 0.25) is 0 Å². The molecule has 0 aliphatic rings. The molecule has 0 N–H and O–H groups in total. The first kappa shape index (κ1) is 12.3. The molecule has 1 heterocycles. The van der Waals surface area contributed by atoms with Gasteiger partial charge in [-0.05, 0) is 12.1 Å². The molecule has 6 heteroatoms. The minimum absolute atomic E-state index is 0.0222. The molecule has 0 atom stereocenters. The Morgan fingerprint density at radius 2 is 2.18 bits per heavy atom. The number of nitrogens with zero attached hydrogens (tertiary/aromatic N) is 1. The second kappa shape index (κ2) is 5.46. The molecule has 0 aliphatic carbocycles. The van der Waals surface area contributed by atoms with Crippen molar-refractivity contribution in [3.63, 3.8) is 0 Å². The maximum atomic E-state index is 13.2. The summed E-state index contributed by atoms with van der Waals surface area (Å²) in [6.45, 7) is 0.168. The van der Waals surface area contributed by atoms with Gasteiger partial charge in [-0.1, -0.05) is 0 Å². The Morgan fingerprint density at radius 1 is 1.35 bits per heavy atom. The maximum Gasteiger partial charge on any atom is 0.167 e. The summed E-state index contributed by atoms with van der Waals surface area (Å²) >= 11 is 5.51. The minimum atomic E-state index is -0.712. The average molecular weight is 273 g/mol. The topological polar surface area (TPSA) is 22.1 Å². The number of benzene rings is 1. The lowest BCUT2D eigenvalue weighted by molar-refractivity contribution is 0.288. The van der Waals surface area contributed by atoms with Crippen LogP contribution >= 0.6 is 24.0 Å². The van der Waals surface area contributed by atoms with E-state index in [0.717, 1.165) is 22.8 Å². The molecule has 0 spiro atoms. The van der Waals surface area contributed by atoms with Crippen LogP contribution in [-0.4, -0.2) is 4.98 Å². The summed E-state index contributed by atoms with van der Waals surface area (Å²) in [5.41, 5.74) is 0.858. The highest BCUT2D eigenvalue weighted by Crippen LogP contribution is 2.20. The predicted molar refractivity (Wildman–Crippen MR) is 65.5 cm³/mol. The summed E-state index contributed by atoms with van der Waals surface area (Å²) in [4.78, 5) is 4.21. The van der Waals surface area contributed by atoms with Crippen molar-refractivity contribution in [2.75, 3.05) is 0 Å². The van der Waals surface area contributed by atoms with E-state index in [1.54, 1.807) is 0 Å². The van der Waals surface area contributed by atoms with Crippen molar-refractivity contribution in [2.24, 2.45) is 0 Å². The van der Waals surface area contributed by atoms with Crippen LogP contribution in [0.15, 0.2) is 23.6 Å². The highest BCUT2D eigenvalue weighted by molar-refractivity contribution is 7.79. The lowest BCUT2D eigenvalue weighted by atomic mass is 10.3. The number of thiazole rings is 1. The first-order valence-electron chi connectivity index (χ1n) is 4.81. The quantitative estimate of drug-likeness (QED) is 0.862. The number of hydrogen-bond acceptors (Lipinski definition) is 4. The molecule has 0 fully saturated rings.